The highest BCUT2D eigenvalue weighted by molar-refractivity contribution is 6.34. The number of benzene rings is 4. The largest absolute Gasteiger partial charge is 0.321 e. The highest BCUT2D eigenvalue weighted by atomic mass is 35.5. The maximum absolute atomic E-state index is 14.1. The second-order valence-corrected chi connectivity index (χ2v) is 9.86. The minimum absolute atomic E-state index is 0.221. The van der Waals surface area contributed by atoms with Crippen LogP contribution in [0.15, 0.2) is 102 Å². The van der Waals surface area contributed by atoms with E-state index in [9.17, 15) is 14.4 Å². The molecular weight excluding hydrogens is 524 g/mol. The monoisotopic (exact) mass is 550 g/mol. The number of para-hydroxylation sites is 2. The van der Waals surface area contributed by atoms with E-state index in [0.717, 1.165) is 16.7 Å². The van der Waals surface area contributed by atoms with Crippen LogP contribution in [0.5, 0.6) is 0 Å². The lowest BCUT2D eigenvalue weighted by atomic mass is 9.99. The molecule has 0 saturated carbocycles. The van der Waals surface area contributed by atoms with Gasteiger partial charge in [-0.15, -0.1) is 0 Å². The Morgan fingerprint density at radius 1 is 0.850 bits per heavy atom. The zero-order valence-electron chi connectivity index (χ0n) is 22.0. The van der Waals surface area contributed by atoms with Gasteiger partial charge in [0.1, 0.15) is 0 Å². The molecule has 8 heteroatoms. The lowest BCUT2D eigenvalue weighted by Gasteiger charge is -2.25. The molecule has 0 bridgehead atoms. The fraction of sp³-hybridized carbons (Fsp3) is 0.125. The van der Waals surface area contributed by atoms with Crippen LogP contribution in [-0.2, 0) is 4.79 Å². The van der Waals surface area contributed by atoms with Crippen LogP contribution in [0.3, 0.4) is 0 Å². The van der Waals surface area contributed by atoms with E-state index in [4.69, 9.17) is 16.6 Å². The number of aliphatic imine (C=N–C) groups is 1. The molecule has 0 saturated heterocycles. The number of carbonyl (C=O) groups is 3. The molecule has 200 valence electrons. The number of hydrogen-bond donors (Lipinski definition) is 2. The van der Waals surface area contributed by atoms with Gasteiger partial charge < -0.3 is 15.5 Å². The minimum Gasteiger partial charge on any atom is -0.308 e. The van der Waals surface area contributed by atoms with Gasteiger partial charge in [-0.25, -0.2) is 9.79 Å². The van der Waals surface area contributed by atoms with E-state index >= 15 is 0 Å². The number of aryl methyl sites for hydroxylation is 2. The molecular formula is C32H27ClN4O3. The van der Waals surface area contributed by atoms with Crippen molar-refractivity contribution < 1.29 is 14.4 Å². The van der Waals surface area contributed by atoms with E-state index < -0.39 is 18.1 Å². The van der Waals surface area contributed by atoms with Crippen molar-refractivity contribution in [3.05, 3.63) is 130 Å². The number of nitrogens with zero attached hydrogens (tertiary/aromatic N) is 2. The van der Waals surface area contributed by atoms with E-state index in [-0.39, 0.29) is 12.3 Å². The van der Waals surface area contributed by atoms with Gasteiger partial charge in [0.15, 0.2) is 5.78 Å². The van der Waals surface area contributed by atoms with E-state index in [1.807, 2.05) is 74.5 Å². The number of anilines is 2. The molecule has 4 aromatic rings. The summed E-state index contributed by atoms with van der Waals surface area (Å²) in [5.74, 6) is -0.759. The minimum atomic E-state index is -1.31. The zero-order chi connectivity index (χ0) is 28.2. The van der Waals surface area contributed by atoms with Crippen LogP contribution in [-0.4, -0.2) is 36.1 Å². The van der Waals surface area contributed by atoms with Gasteiger partial charge in [-0.3, -0.25) is 9.59 Å². The third kappa shape index (κ3) is 5.51. The Labute approximate surface area is 237 Å². The number of rotatable bonds is 6. The number of benzodiazepines with no additional fused rings is 1. The first kappa shape index (κ1) is 26.8. The highest BCUT2D eigenvalue weighted by Crippen LogP contribution is 2.29. The van der Waals surface area contributed by atoms with E-state index in [1.165, 1.54) is 4.90 Å². The Morgan fingerprint density at radius 3 is 2.27 bits per heavy atom. The van der Waals surface area contributed by atoms with E-state index in [0.29, 0.717) is 33.2 Å². The molecule has 0 radical (unpaired) electrons. The SMILES string of the molecule is Cc1ccccc1C(=O)CN1C(=O)[C@@H](NC(=O)Nc2c(C)cccc2Cl)N=C(c2ccccc2)c2ccccc21. The maximum atomic E-state index is 14.1. The Morgan fingerprint density at radius 2 is 1.52 bits per heavy atom. The van der Waals surface area contributed by atoms with Gasteiger partial charge in [0.2, 0.25) is 6.17 Å². The topological polar surface area (TPSA) is 90.9 Å². The quantitative estimate of drug-likeness (QED) is 0.281. The molecule has 1 heterocycles. The molecule has 1 atom stereocenters. The average Bonchev–Trinajstić information content (AvgIpc) is 3.06. The van der Waals surface area contributed by atoms with Crippen molar-refractivity contribution in [3.8, 4) is 0 Å². The third-order valence-electron chi connectivity index (χ3n) is 6.73. The second-order valence-electron chi connectivity index (χ2n) is 9.46. The number of nitrogens with one attached hydrogen (secondary N) is 2. The predicted octanol–water partition coefficient (Wildman–Crippen LogP) is 6.17. The Bertz CT molecular complexity index is 1610. The number of halogens is 1. The number of hydrogen-bond acceptors (Lipinski definition) is 4. The van der Waals surface area contributed by atoms with Gasteiger partial charge in [-0.05, 0) is 37.1 Å². The van der Waals surface area contributed by atoms with Crippen LogP contribution < -0.4 is 15.5 Å². The Hall–Kier alpha value is -4.75. The molecule has 0 unspecified atom stereocenters. The summed E-state index contributed by atoms with van der Waals surface area (Å²) >= 11 is 6.30. The van der Waals surface area contributed by atoms with Crippen molar-refractivity contribution in [2.45, 2.75) is 20.0 Å². The Kier molecular flexibility index (Phi) is 7.75. The maximum Gasteiger partial charge on any atom is 0.321 e. The lowest BCUT2D eigenvalue weighted by Crippen LogP contribution is -2.50. The van der Waals surface area contributed by atoms with Crippen LogP contribution in [0.2, 0.25) is 5.02 Å². The van der Waals surface area contributed by atoms with Crippen molar-refractivity contribution in [1.29, 1.82) is 0 Å². The first-order valence-electron chi connectivity index (χ1n) is 12.8. The summed E-state index contributed by atoms with van der Waals surface area (Å²) in [4.78, 5) is 46.8. The summed E-state index contributed by atoms with van der Waals surface area (Å²) in [6.07, 6.45) is -1.31. The van der Waals surface area contributed by atoms with Crippen LogP contribution in [0, 0.1) is 13.8 Å². The van der Waals surface area contributed by atoms with Gasteiger partial charge in [-0.1, -0.05) is 96.5 Å². The lowest BCUT2D eigenvalue weighted by molar-refractivity contribution is -0.120. The van der Waals surface area contributed by atoms with Crippen molar-refractivity contribution >= 4 is 46.4 Å². The summed E-state index contributed by atoms with van der Waals surface area (Å²) in [5.41, 5.74) is 5.03. The second kappa shape index (κ2) is 11.6. The van der Waals surface area contributed by atoms with E-state index in [1.54, 1.807) is 36.4 Å². The molecule has 1 aliphatic heterocycles. The Balaban J connectivity index is 1.55. The number of amides is 3. The molecule has 7 nitrogen and oxygen atoms in total. The molecule has 40 heavy (non-hydrogen) atoms. The normalized spacial score (nSPS) is 14.6. The molecule has 4 aromatic carbocycles. The van der Waals surface area contributed by atoms with Gasteiger partial charge in [0.25, 0.3) is 5.91 Å². The molecule has 0 aromatic heterocycles. The zero-order valence-corrected chi connectivity index (χ0v) is 22.8. The third-order valence-corrected chi connectivity index (χ3v) is 7.05. The van der Waals surface area contributed by atoms with Crippen LogP contribution in [0.4, 0.5) is 16.2 Å². The fourth-order valence-electron chi connectivity index (χ4n) is 4.69. The number of urea groups is 1. The number of Topliss-reactive ketones (excluding diaryl/α,β-unsaturated/α-hetero) is 1. The molecule has 0 fully saturated rings. The summed E-state index contributed by atoms with van der Waals surface area (Å²) in [6.45, 7) is 3.45. The summed E-state index contributed by atoms with van der Waals surface area (Å²) in [7, 11) is 0. The first-order chi connectivity index (χ1) is 19.3. The molecule has 5 rings (SSSR count). The van der Waals surface area contributed by atoms with Crippen LogP contribution in [0.1, 0.15) is 32.6 Å². The molecule has 2 N–H and O–H groups in total. The molecule has 0 spiro atoms. The van der Waals surface area contributed by atoms with Crippen LogP contribution >= 0.6 is 11.6 Å². The smallest absolute Gasteiger partial charge is 0.308 e. The van der Waals surface area contributed by atoms with Gasteiger partial charge in [0, 0.05) is 16.7 Å². The molecule has 1 aliphatic rings. The van der Waals surface area contributed by atoms with Crippen molar-refractivity contribution in [1.82, 2.24) is 5.32 Å². The standard InChI is InChI=1S/C32H27ClN4O3/c1-20-11-6-7-15-23(20)27(38)19-37-26-18-9-8-16-24(26)29(22-13-4-3-5-14-22)34-30(31(37)39)36-32(40)35-28-21(2)12-10-17-25(28)33/h3-18,30H,19H2,1-2H3,(H2,35,36,40)/t30-/m1/s1. The molecule has 0 aliphatic carbocycles. The van der Waals surface area contributed by atoms with Gasteiger partial charge in [0.05, 0.1) is 28.7 Å². The number of ketones is 1. The number of carbonyl (C=O) groups excluding carboxylic acids is 3. The fourth-order valence-corrected chi connectivity index (χ4v) is 4.96. The number of fused-ring (bicyclic) bond motifs is 1. The van der Waals surface area contributed by atoms with Crippen molar-refractivity contribution in [2.24, 2.45) is 4.99 Å². The first-order valence-corrected chi connectivity index (χ1v) is 13.2. The molecule has 3 amide bonds. The summed E-state index contributed by atoms with van der Waals surface area (Å²) < 4.78 is 0. The highest BCUT2D eigenvalue weighted by Gasteiger charge is 2.34. The van der Waals surface area contributed by atoms with Gasteiger partial charge in [-0.2, -0.15) is 0 Å². The summed E-state index contributed by atoms with van der Waals surface area (Å²) in [6, 6.07) is 28.6. The van der Waals surface area contributed by atoms with Crippen molar-refractivity contribution in [3.63, 3.8) is 0 Å². The van der Waals surface area contributed by atoms with Crippen molar-refractivity contribution in [2.75, 3.05) is 16.8 Å². The predicted molar refractivity (Wildman–Crippen MR) is 159 cm³/mol. The van der Waals surface area contributed by atoms with E-state index in [2.05, 4.69) is 10.6 Å². The van der Waals surface area contributed by atoms with Crippen LogP contribution in [0.25, 0.3) is 0 Å². The average molecular weight is 551 g/mol. The van der Waals surface area contributed by atoms with Gasteiger partial charge >= 0.3 is 6.03 Å². The summed E-state index contributed by atoms with van der Waals surface area (Å²) in [5, 5.41) is 5.81.